The number of primary sulfonamides is 1. The third-order valence-corrected chi connectivity index (χ3v) is 7.45. The number of aromatic nitrogens is 1. The lowest BCUT2D eigenvalue weighted by atomic mass is 10.0. The van der Waals surface area contributed by atoms with Crippen LogP contribution in [0.15, 0.2) is 83.9 Å². The van der Waals surface area contributed by atoms with E-state index >= 15 is 0 Å². The van der Waals surface area contributed by atoms with Crippen LogP contribution in [0, 0.1) is 0 Å². The molecule has 36 heavy (non-hydrogen) atoms. The van der Waals surface area contributed by atoms with Gasteiger partial charge in [-0.3, -0.25) is 4.79 Å². The fraction of sp³-hybridized carbons (Fsp3) is 0.185. The molecular weight excluding hydrogens is 476 g/mol. The van der Waals surface area contributed by atoms with Gasteiger partial charge in [-0.25, -0.2) is 18.5 Å². The van der Waals surface area contributed by atoms with Crippen LogP contribution in [0.1, 0.15) is 23.2 Å². The Bertz CT molecular complexity index is 1540. The first-order valence-corrected chi connectivity index (χ1v) is 13.2. The Balaban J connectivity index is 1.30. The minimum Gasteiger partial charge on any atom is -0.491 e. The number of nitrogens with zero attached hydrogens (tertiary/aromatic N) is 2. The van der Waals surface area contributed by atoms with E-state index in [1.807, 2.05) is 29.2 Å². The maximum absolute atomic E-state index is 13.3. The second kappa shape index (κ2) is 9.60. The van der Waals surface area contributed by atoms with Gasteiger partial charge in [-0.05, 0) is 60.2 Å². The van der Waals surface area contributed by atoms with E-state index in [4.69, 9.17) is 15.6 Å². The molecule has 184 valence electrons. The Morgan fingerprint density at radius 3 is 2.61 bits per heavy atom. The zero-order valence-corrected chi connectivity index (χ0v) is 20.3. The smallest absolute Gasteiger partial charge is 0.254 e. The van der Waals surface area contributed by atoms with Crippen molar-refractivity contribution in [3.8, 4) is 16.9 Å². The molecule has 4 aromatic rings. The quantitative estimate of drug-likeness (QED) is 0.412. The van der Waals surface area contributed by atoms with Crippen molar-refractivity contribution in [3.63, 3.8) is 0 Å². The third-order valence-electron chi connectivity index (χ3n) is 6.49. The SMILES string of the molecule is Nc1nccc2ccc(OCC3CCCN3C(=O)c3ccc(-c4ccccc4S(N)(=O)=O)cc3)cc12. The molecular formula is C27H26N4O4S. The number of ether oxygens (including phenoxy) is 1. The number of pyridine rings is 1. The first-order chi connectivity index (χ1) is 17.3. The van der Waals surface area contributed by atoms with Gasteiger partial charge in [0.2, 0.25) is 10.0 Å². The van der Waals surface area contributed by atoms with E-state index in [-0.39, 0.29) is 16.8 Å². The fourth-order valence-corrected chi connectivity index (χ4v) is 5.40. The van der Waals surface area contributed by atoms with E-state index in [9.17, 15) is 13.2 Å². The number of sulfonamides is 1. The van der Waals surface area contributed by atoms with Gasteiger partial charge in [0.05, 0.1) is 10.9 Å². The number of fused-ring (bicyclic) bond motifs is 1. The minimum atomic E-state index is -3.87. The van der Waals surface area contributed by atoms with Crippen LogP contribution < -0.4 is 15.6 Å². The molecule has 5 rings (SSSR count). The summed E-state index contributed by atoms with van der Waals surface area (Å²) in [7, 11) is -3.87. The van der Waals surface area contributed by atoms with E-state index in [1.54, 1.807) is 48.7 Å². The second-order valence-electron chi connectivity index (χ2n) is 8.80. The molecule has 1 saturated heterocycles. The molecule has 1 atom stereocenters. The zero-order valence-electron chi connectivity index (χ0n) is 19.5. The number of benzene rings is 3. The predicted octanol–water partition coefficient (Wildman–Crippen LogP) is 3.82. The van der Waals surface area contributed by atoms with Gasteiger partial charge in [-0.15, -0.1) is 0 Å². The Labute approximate surface area is 209 Å². The molecule has 8 nitrogen and oxygen atoms in total. The number of amides is 1. The fourth-order valence-electron chi connectivity index (χ4n) is 4.64. The summed E-state index contributed by atoms with van der Waals surface area (Å²) in [4.78, 5) is 19.3. The van der Waals surface area contributed by atoms with Gasteiger partial charge in [0.1, 0.15) is 18.2 Å². The maximum Gasteiger partial charge on any atom is 0.254 e. The minimum absolute atomic E-state index is 0.0482. The molecule has 0 aliphatic carbocycles. The van der Waals surface area contributed by atoms with E-state index in [1.165, 1.54) is 6.07 Å². The molecule has 1 fully saturated rings. The van der Waals surface area contributed by atoms with Crippen LogP contribution in [-0.4, -0.2) is 43.4 Å². The topological polar surface area (TPSA) is 129 Å². The Morgan fingerprint density at radius 1 is 1.06 bits per heavy atom. The average molecular weight is 503 g/mol. The number of rotatable bonds is 6. The van der Waals surface area contributed by atoms with Gasteiger partial charge in [-0.1, -0.05) is 36.4 Å². The lowest BCUT2D eigenvalue weighted by molar-refractivity contribution is 0.0691. The monoisotopic (exact) mass is 502 g/mol. The molecule has 4 N–H and O–H groups in total. The highest BCUT2D eigenvalue weighted by Gasteiger charge is 2.30. The van der Waals surface area contributed by atoms with Gasteiger partial charge in [0.25, 0.3) is 5.91 Å². The first kappa shape index (κ1) is 23.8. The van der Waals surface area contributed by atoms with Crippen LogP contribution >= 0.6 is 0 Å². The van der Waals surface area contributed by atoms with Crippen molar-refractivity contribution in [1.82, 2.24) is 9.88 Å². The number of nitrogen functional groups attached to an aromatic ring is 1. The van der Waals surface area contributed by atoms with Crippen molar-refractivity contribution in [2.75, 3.05) is 18.9 Å². The number of hydrogen-bond acceptors (Lipinski definition) is 6. The molecule has 1 amide bonds. The zero-order chi connectivity index (χ0) is 25.3. The largest absolute Gasteiger partial charge is 0.491 e. The molecule has 3 aromatic carbocycles. The summed E-state index contributed by atoms with van der Waals surface area (Å²) in [6.07, 6.45) is 3.42. The average Bonchev–Trinajstić information content (AvgIpc) is 3.36. The number of nitrogens with two attached hydrogens (primary N) is 2. The first-order valence-electron chi connectivity index (χ1n) is 11.6. The molecule has 1 unspecified atom stereocenters. The Kier molecular flexibility index (Phi) is 6.34. The van der Waals surface area contributed by atoms with Crippen molar-refractivity contribution in [2.45, 2.75) is 23.8 Å². The number of carbonyl (C=O) groups excluding carboxylic acids is 1. The Hall–Kier alpha value is -3.95. The summed E-state index contributed by atoms with van der Waals surface area (Å²) < 4.78 is 30.0. The van der Waals surface area contributed by atoms with Crippen LogP contribution in [0.3, 0.4) is 0 Å². The predicted molar refractivity (Wildman–Crippen MR) is 139 cm³/mol. The highest BCUT2D eigenvalue weighted by atomic mass is 32.2. The molecule has 0 radical (unpaired) electrons. The maximum atomic E-state index is 13.3. The van der Waals surface area contributed by atoms with Crippen molar-refractivity contribution >= 4 is 32.5 Å². The van der Waals surface area contributed by atoms with Crippen LogP contribution in [0.4, 0.5) is 5.82 Å². The molecule has 0 saturated carbocycles. The lowest BCUT2D eigenvalue weighted by Gasteiger charge is -2.25. The Morgan fingerprint density at radius 2 is 1.83 bits per heavy atom. The molecule has 9 heteroatoms. The summed E-state index contributed by atoms with van der Waals surface area (Å²) in [5.41, 5.74) is 7.69. The van der Waals surface area contributed by atoms with Crippen molar-refractivity contribution < 1.29 is 17.9 Å². The van der Waals surface area contributed by atoms with E-state index in [0.717, 1.165) is 23.6 Å². The highest BCUT2D eigenvalue weighted by molar-refractivity contribution is 7.89. The van der Waals surface area contributed by atoms with Crippen LogP contribution in [0.25, 0.3) is 21.9 Å². The summed E-state index contributed by atoms with van der Waals surface area (Å²) in [5.74, 6) is 1.05. The van der Waals surface area contributed by atoms with Gasteiger partial charge < -0.3 is 15.4 Å². The van der Waals surface area contributed by atoms with Crippen LogP contribution in [0.5, 0.6) is 5.75 Å². The highest BCUT2D eigenvalue weighted by Crippen LogP contribution is 2.29. The van der Waals surface area contributed by atoms with Crippen LogP contribution in [0.2, 0.25) is 0 Å². The van der Waals surface area contributed by atoms with Crippen molar-refractivity contribution in [3.05, 3.63) is 84.6 Å². The number of carbonyl (C=O) groups is 1. The lowest BCUT2D eigenvalue weighted by Crippen LogP contribution is -2.39. The second-order valence-corrected chi connectivity index (χ2v) is 10.3. The van der Waals surface area contributed by atoms with Crippen LogP contribution in [-0.2, 0) is 10.0 Å². The molecule has 1 aliphatic rings. The molecule has 1 aliphatic heterocycles. The summed E-state index contributed by atoms with van der Waals surface area (Å²) >= 11 is 0. The third kappa shape index (κ3) is 4.75. The molecule has 1 aromatic heterocycles. The van der Waals surface area contributed by atoms with Gasteiger partial charge in [0.15, 0.2) is 0 Å². The number of hydrogen-bond donors (Lipinski definition) is 2. The molecule has 0 spiro atoms. The van der Waals surface area contributed by atoms with Gasteiger partial charge in [0, 0.05) is 29.3 Å². The molecule has 2 heterocycles. The van der Waals surface area contributed by atoms with Crippen molar-refractivity contribution in [1.29, 1.82) is 0 Å². The normalized spacial score (nSPS) is 15.8. The van der Waals surface area contributed by atoms with Crippen molar-refractivity contribution in [2.24, 2.45) is 5.14 Å². The number of likely N-dealkylation sites (tertiary alicyclic amines) is 1. The van der Waals surface area contributed by atoms with E-state index in [2.05, 4.69) is 4.98 Å². The number of anilines is 1. The molecule has 0 bridgehead atoms. The summed E-state index contributed by atoms with van der Waals surface area (Å²) in [6.45, 7) is 1.02. The standard InChI is InChI=1S/C27H26N4O4S/c28-26-24-16-22(12-11-19(24)13-14-30-26)35-17-21-4-3-15-31(21)27(32)20-9-7-18(8-10-20)23-5-1-2-6-25(23)36(29,33)34/h1-2,5-14,16,21H,3-4,15,17H2,(H2,28,30)(H2,29,33,34). The van der Waals surface area contributed by atoms with Gasteiger partial charge in [-0.2, -0.15) is 0 Å². The summed E-state index contributed by atoms with van der Waals surface area (Å²) in [5, 5.41) is 7.19. The van der Waals surface area contributed by atoms with E-state index < -0.39 is 10.0 Å². The van der Waals surface area contributed by atoms with Gasteiger partial charge >= 0.3 is 0 Å². The van der Waals surface area contributed by atoms with E-state index in [0.29, 0.717) is 41.4 Å². The summed E-state index contributed by atoms with van der Waals surface area (Å²) in [6, 6.07) is 21.0.